The molecule has 2 heterocycles. The number of hydrogen-bond donors (Lipinski definition) is 0. The van der Waals surface area contributed by atoms with Crippen molar-refractivity contribution >= 4 is 5.91 Å². The number of hydrogen-bond acceptors (Lipinski definition) is 4. The van der Waals surface area contributed by atoms with Gasteiger partial charge < -0.3 is 14.1 Å². The number of amides is 1. The van der Waals surface area contributed by atoms with Crippen LogP contribution in [-0.4, -0.2) is 41.6 Å². The summed E-state index contributed by atoms with van der Waals surface area (Å²) in [5.41, 5.74) is 0.335. The first-order chi connectivity index (χ1) is 11.8. The van der Waals surface area contributed by atoms with Gasteiger partial charge in [-0.1, -0.05) is 18.2 Å². The third-order valence-electron chi connectivity index (χ3n) is 4.08. The lowest BCUT2D eigenvalue weighted by Crippen LogP contribution is -2.46. The van der Waals surface area contributed by atoms with Crippen LogP contribution in [-0.2, 0) is 17.3 Å². The second-order valence-corrected chi connectivity index (χ2v) is 5.91. The number of aromatic nitrogens is 1. The summed E-state index contributed by atoms with van der Waals surface area (Å²) in [6.45, 7) is 2.69. The lowest BCUT2D eigenvalue weighted by atomic mass is 10.0. The topological polar surface area (TPSA) is 55.6 Å². The molecular weight excluding hydrogens is 337 g/mol. The van der Waals surface area contributed by atoms with E-state index in [-0.39, 0.29) is 24.3 Å². The Morgan fingerprint density at radius 2 is 2.20 bits per heavy atom. The maximum Gasteiger partial charge on any atom is 0.416 e. The summed E-state index contributed by atoms with van der Waals surface area (Å²) >= 11 is 0. The fourth-order valence-corrected chi connectivity index (χ4v) is 2.82. The highest BCUT2D eigenvalue weighted by atomic mass is 19.4. The predicted octanol–water partition coefficient (Wildman–Crippen LogP) is 3.09. The van der Waals surface area contributed by atoms with Gasteiger partial charge in [-0.05, 0) is 18.6 Å². The summed E-state index contributed by atoms with van der Waals surface area (Å²) in [5, 5.41) is 0. The molecule has 1 atom stereocenters. The van der Waals surface area contributed by atoms with E-state index in [1.54, 1.807) is 17.9 Å². The van der Waals surface area contributed by atoms with Gasteiger partial charge in [0.2, 0.25) is 5.76 Å². The number of alkyl halides is 3. The number of nitrogens with zero attached hydrogens (tertiary/aromatic N) is 2. The largest absolute Gasteiger partial charge is 0.438 e. The van der Waals surface area contributed by atoms with Crippen molar-refractivity contribution in [3.8, 4) is 0 Å². The van der Waals surface area contributed by atoms with E-state index in [4.69, 9.17) is 9.15 Å². The minimum atomic E-state index is -4.38. The average Bonchev–Trinajstić information content (AvgIpc) is 3.00. The Labute approximate surface area is 142 Å². The van der Waals surface area contributed by atoms with Gasteiger partial charge in [-0.25, -0.2) is 4.98 Å². The zero-order valence-electron chi connectivity index (χ0n) is 13.5. The second kappa shape index (κ2) is 6.87. The summed E-state index contributed by atoms with van der Waals surface area (Å²) in [5.74, 6) is -0.105. The van der Waals surface area contributed by atoms with Crippen LogP contribution in [0.4, 0.5) is 13.2 Å². The third kappa shape index (κ3) is 4.01. The summed E-state index contributed by atoms with van der Waals surface area (Å²) < 4.78 is 49.2. The fraction of sp³-hybridized carbons (Fsp3) is 0.412. The normalized spacial score (nSPS) is 18.4. The van der Waals surface area contributed by atoms with Crippen LogP contribution < -0.4 is 0 Å². The van der Waals surface area contributed by atoms with E-state index in [9.17, 15) is 18.0 Å². The van der Waals surface area contributed by atoms with Gasteiger partial charge >= 0.3 is 6.18 Å². The Bertz CT molecular complexity index is 758. The van der Waals surface area contributed by atoms with Gasteiger partial charge in [0.1, 0.15) is 0 Å². The Hall–Kier alpha value is -2.35. The molecule has 0 aliphatic carbocycles. The number of carbonyl (C=O) groups excluding carboxylic acids is 1. The molecule has 0 saturated carbocycles. The summed E-state index contributed by atoms with van der Waals surface area (Å²) in [4.78, 5) is 17.9. The number of halogens is 3. The lowest BCUT2D eigenvalue weighted by Gasteiger charge is -2.32. The van der Waals surface area contributed by atoms with Gasteiger partial charge in [0.05, 0.1) is 24.0 Å². The van der Waals surface area contributed by atoms with Crippen molar-refractivity contribution in [1.29, 1.82) is 0 Å². The molecule has 1 aromatic heterocycles. The molecule has 1 aliphatic heterocycles. The summed E-state index contributed by atoms with van der Waals surface area (Å²) in [6.07, 6.45) is -3.24. The number of ether oxygens (including phenoxy) is 1. The van der Waals surface area contributed by atoms with Crippen molar-refractivity contribution in [2.75, 3.05) is 19.7 Å². The molecule has 1 aliphatic rings. The molecule has 1 saturated heterocycles. The molecule has 1 amide bonds. The van der Waals surface area contributed by atoms with Gasteiger partial charge in [0.15, 0.2) is 6.39 Å². The Morgan fingerprint density at radius 1 is 1.40 bits per heavy atom. The highest BCUT2D eigenvalue weighted by Gasteiger charge is 2.31. The molecule has 2 aromatic rings. The molecular formula is C17H17F3N2O3. The van der Waals surface area contributed by atoms with Crippen LogP contribution in [0.15, 0.2) is 35.1 Å². The standard InChI is InChI=1S/C17H17F3N2O3/c1-11-15(25-10-21-11)16(23)22-5-6-24-14(9-22)8-12-3-2-4-13(7-12)17(18,19)20/h2-4,7,10,14H,5-6,8-9H2,1H3/t14-/m0/s1. The first-order valence-electron chi connectivity index (χ1n) is 7.81. The van der Waals surface area contributed by atoms with E-state index in [0.717, 1.165) is 12.1 Å². The summed E-state index contributed by atoms with van der Waals surface area (Å²) in [6, 6.07) is 5.15. The van der Waals surface area contributed by atoms with Gasteiger partial charge in [0.25, 0.3) is 5.91 Å². The highest BCUT2D eigenvalue weighted by molar-refractivity contribution is 5.92. The number of rotatable bonds is 3. The maximum absolute atomic E-state index is 12.8. The lowest BCUT2D eigenvalue weighted by molar-refractivity contribution is -0.137. The number of morpholine rings is 1. The van der Waals surface area contributed by atoms with Crippen molar-refractivity contribution in [2.24, 2.45) is 0 Å². The van der Waals surface area contributed by atoms with Gasteiger partial charge in [0, 0.05) is 19.5 Å². The minimum absolute atomic E-state index is 0.180. The van der Waals surface area contributed by atoms with Gasteiger partial charge in [-0.15, -0.1) is 0 Å². The van der Waals surface area contributed by atoms with Crippen LogP contribution in [0, 0.1) is 6.92 Å². The van der Waals surface area contributed by atoms with Crippen LogP contribution in [0.2, 0.25) is 0 Å². The molecule has 0 bridgehead atoms. The molecule has 25 heavy (non-hydrogen) atoms. The van der Waals surface area contributed by atoms with Crippen LogP contribution in [0.1, 0.15) is 27.4 Å². The van der Waals surface area contributed by atoms with Crippen molar-refractivity contribution in [3.63, 3.8) is 0 Å². The van der Waals surface area contributed by atoms with Gasteiger partial charge in [-0.2, -0.15) is 13.2 Å². The minimum Gasteiger partial charge on any atom is -0.438 e. The van der Waals surface area contributed by atoms with Crippen LogP contribution in [0.3, 0.4) is 0 Å². The second-order valence-electron chi connectivity index (χ2n) is 5.91. The smallest absolute Gasteiger partial charge is 0.416 e. The van der Waals surface area contributed by atoms with E-state index in [0.29, 0.717) is 30.8 Å². The van der Waals surface area contributed by atoms with Crippen LogP contribution >= 0.6 is 0 Å². The van der Waals surface area contributed by atoms with Crippen molar-refractivity contribution in [2.45, 2.75) is 25.6 Å². The number of benzene rings is 1. The number of aryl methyl sites for hydroxylation is 1. The molecule has 1 fully saturated rings. The molecule has 8 heteroatoms. The van der Waals surface area contributed by atoms with Crippen molar-refractivity contribution in [1.82, 2.24) is 9.88 Å². The van der Waals surface area contributed by atoms with Crippen LogP contribution in [0.5, 0.6) is 0 Å². The van der Waals surface area contributed by atoms with E-state index in [2.05, 4.69) is 4.98 Å². The van der Waals surface area contributed by atoms with E-state index < -0.39 is 11.7 Å². The first-order valence-corrected chi connectivity index (χ1v) is 7.81. The zero-order valence-corrected chi connectivity index (χ0v) is 13.5. The zero-order chi connectivity index (χ0) is 18.0. The Morgan fingerprint density at radius 3 is 2.88 bits per heavy atom. The van der Waals surface area contributed by atoms with Crippen molar-refractivity contribution < 1.29 is 27.1 Å². The average molecular weight is 354 g/mol. The predicted molar refractivity (Wildman–Crippen MR) is 82.0 cm³/mol. The van der Waals surface area contributed by atoms with E-state index >= 15 is 0 Å². The molecule has 3 rings (SSSR count). The first kappa shape index (κ1) is 17.5. The van der Waals surface area contributed by atoms with Crippen molar-refractivity contribution in [3.05, 3.63) is 53.2 Å². The van der Waals surface area contributed by atoms with Gasteiger partial charge in [-0.3, -0.25) is 4.79 Å². The molecule has 0 spiro atoms. The van der Waals surface area contributed by atoms with Crippen LogP contribution in [0.25, 0.3) is 0 Å². The monoisotopic (exact) mass is 354 g/mol. The highest BCUT2D eigenvalue weighted by Crippen LogP contribution is 2.30. The number of carbonyl (C=O) groups is 1. The quantitative estimate of drug-likeness (QED) is 0.850. The third-order valence-corrected chi connectivity index (χ3v) is 4.08. The van der Waals surface area contributed by atoms with E-state index in [1.807, 2.05) is 0 Å². The molecule has 0 N–H and O–H groups in total. The summed E-state index contributed by atoms with van der Waals surface area (Å²) in [7, 11) is 0. The molecule has 5 nitrogen and oxygen atoms in total. The Balaban J connectivity index is 1.68. The Kier molecular flexibility index (Phi) is 4.80. The molecule has 1 aromatic carbocycles. The number of oxazole rings is 1. The SMILES string of the molecule is Cc1ncoc1C(=O)N1CCO[C@@H](Cc2cccc(C(F)(F)F)c2)C1. The maximum atomic E-state index is 12.8. The van der Waals surface area contributed by atoms with E-state index in [1.165, 1.54) is 12.5 Å². The molecule has 0 radical (unpaired) electrons. The molecule has 0 unspecified atom stereocenters. The fourth-order valence-electron chi connectivity index (χ4n) is 2.82. The molecule has 134 valence electrons.